The molecule has 0 spiro atoms. The van der Waals surface area contributed by atoms with Gasteiger partial charge in [0.25, 0.3) is 0 Å². The molecule has 1 N–H and O–H groups in total. The third-order valence-corrected chi connectivity index (χ3v) is 13.0. The first-order valence-corrected chi connectivity index (χ1v) is 19.3. The van der Waals surface area contributed by atoms with Gasteiger partial charge in [-0.05, 0) is 79.9 Å². The summed E-state index contributed by atoms with van der Waals surface area (Å²) >= 11 is 0. The minimum absolute atomic E-state index is 0.0124. The van der Waals surface area contributed by atoms with E-state index in [0.717, 1.165) is 36.0 Å². The Kier molecular flexibility index (Phi) is 11.4. The van der Waals surface area contributed by atoms with Crippen LogP contribution in [0.3, 0.4) is 0 Å². The van der Waals surface area contributed by atoms with Gasteiger partial charge in [-0.1, -0.05) is 91.0 Å². The van der Waals surface area contributed by atoms with Crippen molar-refractivity contribution in [3.8, 4) is 0 Å². The van der Waals surface area contributed by atoms with Crippen LogP contribution in [-0.4, -0.2) is 42.8 Å². The predicted octanol–water partition coefficient (Wildman–Crippen LogP) is 8.14. The summed E-state index contributed by atoms with van der Waals surface area (Å²) in [5.74, 6) is -0.607. The van der Waals surface area contributed by atoms with E-state index in [4.69, 9.17) is 18.7 Å². The molecule has 4 bridgehead atoms. The summed E-state index contributed by atoms with van der Waals surface area (Å²) in [4.78, 5) is 27.0. The average Bonchev–Trinajstić information content (AvgIpc) is 3.07. The molecular weight excluding hydrogens is 625 g/mol. The van der Waals surface area contributed by atoms with E-state index in [2.05, 4.69) is 5.32 Å². The van der Waals surface area contributed by atoms with Crippen molar-refractivity contribution in [3.05, 3.63) is 108 Å². The van der Waals surface area contributed by atoms with Crippen LogP contribution in [-0.2, 0) is 47.7 Å². The molecule has 3 unspecified atom stereocenters. The van der Waals surface area contributed by atoms with E-state index in [1.54, 1.807) is 6.92 Å². The van der Waals surface area contributed by atoms with Crippen molar-refractivity contribution in [2.75, 3.05) is 19.4 Å². The number of benzene rings is 3. The van der Waals surface area contributed by atoms with Crippen molar-refractivity contribution < 1.29 is 32.9 Å². The van der Waals surface area contributed by atoms with Gasteiger partial charge in [-0.25, -0.2) is 4.79 Å². The van der Waals surface area contributed by atoms with Crippen LogP contribution in [0.1, 0.15) is 62.1 Å². The van der Waals surface area contributed by atoms with Crippen LogP contribution in [0.5, 0.6) is 0 Å². The monoisotopic (exact) mass is 673 g/mol. The molecule has 8 nitrogen and oxygen atoms in total. The van der Waals surface area contributed by atoms with E-state index < -0.39 is 36.7 Å². The Bertz CT molecular complexity index is 1500. The number of alkyl carbamates (subject to hydrolysis) is 1. The number of rotatable bonds is 16. The molecule has 0 heterocycles. The Hall–Kier alpha value is -3.45. The van der Waals surface area contributed by atoms with Gasteiger partial charge < -0.3 is 24.1 Å². The number of esters is 1. The lowest BCUT2D eigenvalue weighted by Gasteiger charge is -2.57. The second-order valence-corrected chi connectivity index (χ2v) is 16.6. The van der Waals surface area contributed by atoms with E-state index in [-0.39, 0.29) is 32.4 Å². The zero-order valence-corrected chi connectivity index (χ0v) is 28.7. The molecule has 0 aliphatic heterocycles. The summed E-state index contributed by atoms with van der Waals surface area (Å²) in [6, 6.07) is 28.8. The fraction of sp³-hybridized carbons (Fsp3) is 0.487. The average molecular weight is 674 g/mol. The molecule has 0 saturated heterocycles. The molecule has 3 aromatic carbocycles. The van der Waals surface area contributed by atoms with Crippen LogP contribution in [0.15, 0.2) is 91.0 Å². The van der Waals surface area contributed by atoms with Crippen LogP contribution in [0.4, 0.5) is 4.79 Å². The lowest BCUT2D eigenvalue weighted by molar-refractivity contribution is -0.149. The summed E-state index contributed by atoms with van der Waals surface area (Å²) in [5, 5.41) is 2.97. The molecule has 1 amide bonds. The topological polar surface area (TPSA) is 100 Å². The number of carbonyl (C=O) groups is 2. The third kappa shape index (κ3) is 8.96. The lowest BCUT2D eigenvalue weighted by Crippen LogP contribution is -2.53. The molecule has 3 aromatic rings. The first-order valence-electron chi connectivity index (χ1n) is 17.4. The van der Waals surface area contributed by atoms with Gasteiger partial charge in [0.05, 0.1) is 31.3 Å². The smallest absolute Gasteiger partial charge is 0.408 e. The molecule has 3 atom stereocenters. The molecule has 4 fully saturated rings. The molecule has 4 aliphatic rings. The van der Waals surface area contributed by atoms with Gasteiger partial charge in [-0.15, -0.1) is 0 Å². The molecule has 256 valence electrons. The van der Waals surface area contributed by atoms with E-state index in [1.165, 1.54) is 19.3 Å². The van der Waals surface area contributed by atoms with Crippen molar-refractivity contribution >= 4 is 19.4 Å². The van der Waals surface area contributed by atoms with Crippen molar-refractivity contribution in [2.45, 2.75) is 76.5 Å². The predicted molar refractivity (Wildman–Crippen MR) is 184 cm³/mol. The van der Waals surface area contributed by atoms with Crippen LogP contribution in [0.2, 0.25) is 0 Å². The summed E-state index contributed by atoms with van der Waals surface area (Å²) in [6.45, 7) is 2.33. The Labute approximate surface area is 284 Å². The molecule has 48 heavy (non-hydrogen) atoms. The molecule has 4 aliphatic carbocycles. The number of hydrogen-bond donors (Lipinski definition) is 1. The Morgan fingerprint density at radius 1 is 0.771 bits per heavy atom. The van der Waals surface area contributed by atoms with Crippen molar-refractivity contribution in [1.29, 1.82) is 0 Å². The summed E-state index contributed by atoms with van der Waals surface area (Å²) in [6.07, 6.45) is 5.62. The molecule has 4 saturated carbocycles. The number of amides is 1. The summed E-state index contributed by atoms with van der Waals surface area (Å²) in [7, 11) is -3.83. The van der Waals surface area contributed by atoms with E-state index in [0.29, 0.717) is 24.4 Å². The highest BCUT2D eigenvalue weighted by atomic mass is 31.2. The highest BCUT2D eigenvalue weighted by molar-refractivity contribution is 7.59. The summed E-state index contributed by atoms with van der Waals surface area (Å²) in [5.41, 5.74) is 2.17. The maximum Gasteiger partial charge on any atom is 0.408 e. The number of carbonyl (C=O) groups excluding carboxylic acids is 2. The normalized spacial score (nSPS) is 25.1. The van der Waals surface area contributed by atoms with Crippen molar-refractivity contribution in [1.82, 2.24) is 5.32 Å². The van der Waals surface area contributed by atoms with E-state index in [9.17, 15) is 9.59 Å². The Morgan fingerprint density at radius 2 is 1.29 bits per heavy atom. The van der Waals surface area contributed by atoms with Gasteiger partial charge in [0, 0.05) is 12.6 Å². The van der Waals surface area contributed by atoms with Gasteiger partial charge in [0.2, 0.25) is 7.37 Å². The molecule has 9 heteroatoms. The zero-order valence-electron chi connectivity index (χ0n) is 27.8. The van der Waals surface area contributed by atoms with Crippen LogP contribution >= 0.6 is 7.37 Å². The first-order chi connectivity index (χ1) is 23.3. The van der Waals surface area contributed by atoms with Crippen LogP contribution < -0.4 is 5.32 Å². The third-order valence-electron chi connectivity index (χ3n) is 10.1. The van der Waals surface area contributed by atoms with Crippen molar-refractivity contribution in [3.63, 3.8) is 0 Å². The van der Waals surface area contributed by atoms with Gasteiger partial charge in [-0.3, -0.25) is 9.36 Å². The highest BCUT2D eigenvalue weighted by Gasteiger charge is 2.56. The standard InChI is InChI=1S/C39H48NO7P/c1-2-45-37(41)35(27-44-25-30-14-8-4-9-15-30)28-48(43,47-39-22-32-18-33(23-39)20-34(19-32)24-39)36(21-29-12-6-3-7-13-29)40-38(42)46-26-31-16-10-5-11-17-31/h3-17,32-36H,2,18-28H2,1H3,(H,40,42). The molecule has 0 radical (unpaired) electrons. The SMILES string of the molecule is CCOC(=O)C(COCc1ccccc1)CP(=O)(OC12CC3CC(CC(C3)C1)C2)C(Cc1ccccc1)NC(=O)OCc1ccccc1. The lowest BCUT2D eigenvalue weighted by atomic mass is 9.54. The Balaban J connectivity index is 1.30. The highest BCUT2D eigenvalue weighted by Crippen LogP contribution is 2.65. The minimum atomic E-state index is -3.83. The second kappa shape index (κ2) is 15.8. The van der Waals surface area contributed by atoms with E-state index >= 15 is 4.57 Å². The fourth-order valence-electron chi connectivity index (χ4n) is 8.38. The maximum absolute atomic E-state index is 15.8. The van der Waals surface area contributed by atoms with Gasteiger partial charge in [0.15, 0.2) is 0 Å². The van der Waals surface area contributed by atoms with Crippen molar-refractivity contribution in [2.24, 2.45) is 23.7 Å². The zero-order chi connectivity index (χ0) is 33.4. The molecular formula is C39H48NO7P. The van der Waals surface area contributed by atoms with Gasteiger partial charge in [0.1, 0.15) is 12.4 Å². The molecule has 7 rings (SSSR count). The molecule has 0 aromatic heterocycles. The van der Waals surface area contributed by atoms with Crippen LogP contribution in [0, 0.1) is 23.7 Å². The van der Waals surface area contributed by atoms with Gasteiger partial charge in [-0.2, -0.15) is 0 Å². The summed E-state index contributed by atoms with van der Waals surface area (Å²) < 4.78 is 40.1. The second-order valence-electron chi connectivity index (χ2n) is 14.0. The number of ether oxygens (including phenoxy) is 3. The number of hydrogen-bond acceptors (Lipinski definition) is 7. The quantitative estimate of drug-likeness (QED) is 0.121. The van der Waals surface area contributed by atoms with Gasteiger partial charge >= 0.3 is 12.1 Å². The largest absolute Gasteiger partial charge is 0.466 e. The number of nitrogens with one attached hydrogen (secondary N) is 1. The maximum atomic E-state index is 15.8. The minimum Gasteiger partial charge on any atom is -0.466 e. The first kappa shape index (κ1) is 34.4. The fourth-order valence-corrected chi connectivity index (χ4v) is 11.4. The Morgan fingerprint density at radius 3 is 1.83 bits per heavy atom. The van der Waals surface area contributed by atoms with E-state index in [1.807, 2.05) is 91.0 Å². The van der Waals surface area contributed by atoms with Crippen LogP contribution in [0.25, 0.3) is 0 Å².